The number of carbonyl (C=O) groups is 1. The summed E-state index contributed by atoms with van der Waals surface area (Å²) in [5, 5.41) is 2.80. The molecule has 0 saturated heterocycles. The van der Waals surface area contributed by atoms with Gasteiger partial charge in [-0.25, -0.2) is 4.79 Å². The normalized spacial score (nSPS) is 13.3. The predicted octanol–water partition coefficient (Wildman–Crippen LogP) is 4.49. The van der Waals surface area contributed by atoms with E-state index in [1.54, 1.807) is 0 Å². The fourth-order valence-electron chi connectivity index (χ4n) is 2.04. The van der Waals surface area contributed by atoms with Crippen LogP contribution in [0.25, 0.3) is 0 Å². The molecule has 0 bridgehead atoms. The minimum atomic E-state index is -0.433. The van der Waals surface area contributed by atoms with Crippen LogP contribution in [0.5, 0.6) is 0 Å². The van der Waals surface area contributed by atoms with E-state index in [1.165, 1.54) is 0 Å². The molecule has 0 heterocycles. The van der Waals surface area contributed by atoms with Gasteiger partial charge in [-0.1, -0.05) is 43.6 Å². The molecule has 4 heteroatoms. The van der Waals surface area contributed by atoms with E-state index in [1.807, 2.05) is 20.8 Å². The first-order valence-corrected chi connectivity index (χ1v) is 7.26. The molecule has 0 rings (SSSR count). The van der Waals surface area contributed by atoms with Crippen molar-refractivity contribution < 1.29 is 9.53 Å². The van der Waals surface area contributed by atoms with E-state index in [9.17, 15) is 4.79 Å². The van der Waals surface area contributed by atoms with Gasteiger partial charge in [0, 0.05) is 10.9 Å². The van der Waals surface area contributed by atoms with Gasteiger partial charge in [-0.15, -0.1) is 0 Å². The molecule has 0 radical (unpaired) electrons. The SMILES string of the molecule is CC(C)(Br)CC(C)(C)CCNC(=O)OC(C)(C)C. The molecule has 0 aliphatic carbocycles. The lowest BCUT2D eigenvalue weighted by molar-refractivity contribution is 0.0521. The summed E-state index contributed by atoms with van der Waals surface area (Å²) < 4.78 is 5.32. The highest BCUT2D eigenvalue weighted by atomic mass is 79.9. The summed E-state index contributed by atoms with van der Waals surface area (Å²) in [6, 6.07) is 0. The Labute approximate surface area is 120 Å². The summed E-state index contributed by atoms with van der Waals surface area (Å²) in [7, 11) is 0. The number of ether oxygens (including phenoxy) is 1. The lowest BCUT2D eigenvalue weighted by Gasteiger charge is -2.31. The first kappa shape index (κ1) is 17.8. The van der Waals surface area contributed by atoms with Gasteiger partial charge in [-0.3, -0.25) is 0 Å². The van der Waals surface area contributed by atoms with Crippen LogP contribution in [-0.4, -0.2) is 22.6 Å². The van der Waals surface area contributed by atoms with Gasteiger partial charge >= 0.3 is 6.09 Å². The Balaban J connectivity index is 4.00. The average Bonchev–Trinajstić information content (AvgIpc) is 1.93. The van der Waals surface area contributed by atoms with Crippen molar-refractivity contribution in [1.82, 2.24) is 5.32 Å². The van der Waals surface area contributed by atoms with Crippen LogP contribution in [0.1, 0.15) is 61.3 Å². The lowest BCUT2D eigenvalue weighted by Crippen LogP contribution is -2.35. The van der Waals surface area contributed by atoms with Gasteiger partial charge in [-0.05, 0) is 39.0 Å². The first-order chi connectivity index (χ1) is 7.81. The maximum atomic E-state index is 11.5. The van der Waals surface area contributed by atoms with Gasteiger partial charge in [0.05, 0.1) is 0 Å². The Morgan fingerprint density at radius 1 is 1.11 bits per heavy atom. The summed E-state index contributed by atoms with van der Waals surface area (Å²) in [5.74, 6) is 0. The van der Waals surface area contributed by atoms with Crippen molar-refractivity contribution in [2.45, 2.75) is 71.2 Å². The van der Waals surface area contributed by atoms with Crippen molar-refractivity contribution in [3.63, 3.8) is 0 Å². The molecule has 108 valence electrons. The Morgan fingerprint density at radius 3 is 2.00 bits per heavy atom. The summed E-state index contributed by atoms with van der Waals surface area (Å²) in [6.07, 6.45) is 1.65. The Kier molecular flexibility index (Phi) is 6.18. The van der Waals surface area contributed by atoms with Gasteiger partial charge < -0.3 is 10.1 Å². The third-order valence-electron chi connectivity index (χ3n) is 2.37. The standard InChI is InChI=1S/C14H28BrNO2/c1-12(2,3)18-11(17)16-9-8-13(4,5)10-14(6,7)15/h8-10H2,1-7H3,(H,16,17). The molecule has 0 aromatic carbocycles. The number of hydrogen-bond acceptors (Lipinski definition) is 2. The largest absolute Gasteiger partial charge is 0.444 e. The molecule has 0 aromatic heterocycles. The molecule has 0 aliphatic heterocycles. The van der Waals surface area contributed by atoms with Gasteiger partial charge in [0.1, 0.15) is 5.60 Å². The van der Waals surface area contributed by atoms with Gasteiger partial charge in [-0.2, -0.15) is 0 Å². The van der Waals surface area contributed by atoms with Crippen molar-refractivity contribution in [2.75, 3.05) is 6.54 Å². The third kappa shape index (κ3) is 10.9. The second-order valence-corrected chi connectivity index (χ2v) is 9.39. The van der Waals surface area contributed by atoms with Crippen molar-refractivity contribution in [1.29, 1.82) is 0 Å². The second-order valence-electron chi connectivity index (χ2n) is 7.24. The molecule has 0 aromatic rings. The number of hydrogen-bond donors (Lipinski definition) is 1. The minimum Gasteiger partial charge on any atom is -0.444 e. The van der Waals surface area contributed by atoms with E-state index >= 15 is 0 Å². The summed E-state index contributed by atoms with van der Waals surface area (Å²) in [5.41, 5.74) is -0.251. The fraction of sp³-hybridized carbons (Fsp3) is 0.929. The monoisotopic (exact) mass is 321 g/mol. The lowest BCUT2D eigenvalue weighted by atomic mass is 9.81. The molecule has 0 aliphatic rings. The zero-order chi connectivity index (χ0) is 14.6. The fourth-order valence-corrected chi connectivity index (χ4v) is 2.80. The predicted molar refractivity (Wildman–Crippen MR) is 80.3 cm³/mol. The van der Waals surface area contributed by atoms with Crippen molar-refractivity contribution >= 4 is 22.0 Å². The summed E-state index contributed by atoms with van der Waals surface area (Å²) in [4.78, 5) is 11.5. The number of rotatable bonds is 5. The van der Waals surface area contributed by atoms with E-state index in [4.69, 9.17) is 4.74 Å². The summed E-state index contributed by atoms with van der Waals surface area (Å²) >= 11 is 3.66. The smallest absolute Gasteiger partial charge is 0.407 e. The van der Waals surface area contributed by atoms with E-state index in [2.05, 4.69) is 48.9 Å². The highest BCUT2D eigenvalue weighted by molar-refractivity contribution is 9.10. The Morgan fingerprint density at radius 2 is 1.61 bits per heavy atom. The maximum Gasteiger partial charge on any atom is 0.407 e. The van der Waals surface area contributed by atoms with Crippen LogP contribution in [0, 0.1) is 5.41 Å². The van der Waals surface area contributed by atoms with Crippen LogP contribution in [0.15, 0.2) is 0 Å². The molecule has 1 amide bonds. The van der Waals surface area contributed by atoms with E-state index < -0.39 is 5.60 Å². The molecule has 3 nitrogen and oxygen atoms in total. The van der Waals surface area contributed by atoms with Gasteiger partial charge in [0.15, 0.2) is 0 Å². The molecule has 0 unspecified atom stereocenters. The van der Waals surface area contributed by atoms with Crippen molar-refractivity contribution in [3.8, 4) is 0 Å². The Hall–Kier alpha value is -0.250. The minimum absolute atomic E-state index is 0.127. The van der Waals surface area contributed by atoms with Gasteiger partial charge in [0.25, 0.3) is 0 Å². The molecule has 0 atom stereocenters. The van der Waals surface area contributed by atoms with Crippen LogP contribution in [0.2, 0.25) is 0 Å². The second kappa shape index (κ2) is 6.27. The Bertz CT molecular complexity index is 274. The topological polar surface area (TPSA) is 38.3 Å². The molecule has 0 saturated carbocycles. The third-order valence-corrected chi connectivity index (χ3v) is 2.65. The molecular weight excluding hydrogens is 294 g/mol. The quantitative estimate of drug-likeness (QED) is 0.757. The molecule has 0 spiro atoms. The number of alkyl halides is 1. The number of carbonyl (C=O) groups excluding carboxylic acids is 1. The zero-order valence-corrected chi connectivity index (χ0v) is 14.4. The highest BCUT2D eigenvalue weighted by Gasteiger charge is 2.26. The molecule has 18 heavy (non-hydrogen) atoms. The van der Waals surface area contributed by atoms with Crippen LogP contribution in [0.3, 0.4) is 0 Å². The van der Waals surface area contributed by atoms with Gasteiger partial charge in [0.2, 0.25) is 0 Å². The molecule has 1 N–H and O–H groups in total. The van der Waals surface area contributed by atoms with Crippen LogP contribution >= 0.6 is 15.9 Å². The highest BCUT2D eigenvalue weighted by Crippen LogP contribution is 2.35. The zero-order valence-electron chi connectivity index (χ0n) is 12.8. The van der Waals surface area contributed by atoms with E-state index in [0.717, 1.165) is 12.8 Å². The molecule has 0 fully saturated rings. The van der Waals surface area contributed by atoms with Crippen LogP contribution in [0.4, 0.5) is 4.79 Å². The number of amides is 1. The number of nitrogens with one attached hydrogen (secondary N) is 1. The van der Waals surface area contributed by atoms with Crippen LogP contribution < -0.4 is 5.32 Å². The average molecular weight is 322 g/mol. The number of halogens is 1. The van der Waals surface area contributed by atoms with Crippen LogP contribution in [-0.2, 0) is 4.74 Å². The van der Waals surface area contributed by atoms with Crippen molar-refractivity contribution in [2.24, 2.45) is 5.41 Å². The van der Waals surface area contributed by atoms with E-state index in [0.29, 0.717) is 6.54 Å². The maximum absolute atomic E-state index is 11.5. The number of alkyl carbamates (subject to hydrolysis) is 1. The molecular formula is C14H28BrNO2. The summed E-state index contributed by atoms with van der Waals surface area (Å²) in [6.45, 7) is 15.0. The van der Waals surface area contributed by atoms with E-state index in [-0.39, 0.29) is 15.8 Å². The first-order valence-electron chi connectivity index (χ1n) is 6.47. The van der Waals surface area contributed by atoms with Crippen molar-refractivity contribution in [3.05, 3.63) is 0 Å².